The van der Waals surface area contributed by atoms with Crippen molar-refractivity contribution in [3.8, 4) is 6.07 Å². The summed E-state index contributed by atoms with van der Waals surface area (Å²) in [6, 6.07) is 15.4. The first kappa shape index (κ1) is 21.4. The monoisotopic (exact) mass is 445 g/mol. The number of nitriles is 1. The van der Waals surface area contributed by atoms with Crippen molar-refractivity contribution in [2.24, 2.45) is 7.05 Å². The molecule has 0 aliphatic heterocycles. The van der Waals surface area contributed by atoms with Crippen LogP contribution in [0.2, 0.25) is 0 Å². The van der Waals surface area contributed by atoms with Crippen molar-refractivity contribution in [2.75, 3.05) is 16.8 Å². The normalized spacial score (nSPS) is 20.4. The summed E-state index contributed by atoms with van der Waals surface area (Å²) in [4.78, 5) is 21.8. The number of nitrogens with zero attached hydrogens (tertiary/aromatic N) is 5. The summed E-state index contributed by atoms with van der Waals surface area (Å²) in [6.45, 7) is 0. The van der Waals surface area contributed by atoms with Crippen LogP contribution in [0.5, 0.6) is 0 Å². The van der Waals surface area contributed by atoms with Crippen molar-refractivity contribution in [3.63, 3.8) is 0 Å². The highest BCUT2D eigenvalue weighted by Crippen LogP contribution is 2.39. The first-order chi connectivity index (χ1) is 16.0. The molecule has 0 bridgehead atoms. The molecule has 0 N–H and O–H groups in total. The summed E-state index contributed by atoms with van der Waals surface area (Å²) in [6.07, 6.45) is 6.48. The summed E-state index contributed by atoms with van der Waals surface area (Å²) in [5.41, 5.74) is 3.58. The Bertz CT molecular complexity index is 1270. The van der Waals surface area contributed by atoms with Gasteiger partial charge < -0.3 is 14.4 Å². The number of hydrogen-bond acceptors (Lipinski definition) is 5. The number of aromatic nitrogens is 2. The molecule has 2 aliphatic carbocycles. The van der Waals surface area contributed by atoms with Crippen LogP contribution in [0.3, 0.4) is 0 Å². The third kappa shape index (κ3) is 4.06. The third-order valence-corrected chi connectivity index (χ3v) is 7.24. The lowest BCUT2D eigenvalue weighted by Crippen LogP contribution is -2.44. The number of fused-ring (bicyclic) bond motifs is 1. The molecule has 33 heavy (non-hydrogen) atoms. The van der Waals surface area contributed by atoms with Crippen LogP contribution in [0.15, 0.2) is 47.3 Å². The van der Waals surface area contributed by atoms with Gasteiger partial charge in [-0.3, -0.25) is 4.79 Å². The Morgan fingerprint density at radius 3 is 2.21 bits per heavy atom. The van der Waals surface area contributed by atoms with E-state index in [9.17, 15) is 14.4 Å². The summed E-state index contributed by atoms with van der Waals surface area (Å²) in [5, 5.41) is 9.32. The number of anilines is 2. The van der Waals surface area contributed by atoms with Crippen molar-refractivity contribution in [1.82, 2.24) is 9.55 Å². The minimum absolute atomic E-state index is 0.0826. The number of hydrogen-bond donors (Lipinski definition) is 0. The number of rotatable bonds is 5. The lowest BCUT2D eigenvalue weighted by Gasteiger charge is -2.41. The van der Waals surface area contributed by atoms with E-state index in [1.165, 1.54) is 12.8 Å². The first-order valence-corrected chi connectivity index (χ1v) is 11.6. The summed E-state index contributed by atoms with van der Waals surface area (Å²) >= 11 is 0. The molecular weight excluding hydrogens is 417 g/mol. The average Bonchev–Trinajstić information content (AvgIpc) is 3.67. The molecule has 0 unspecified atom stereocenters. The van der Waals surface area contributed by atoms with Crippen LogP contribution in [-0.4, -0.2) is 34.7 Å². The standard InChI is InChI=1S/C26H28FN5O/c1-30(24-15-25(33)31(2)23-14-5-18(16-28)29-26(23)24)19-8-10-21(11-9-19)32(22-12-13-22)20-6-3-17(27)4-7-20/h3-7,14-15,19,21-22H,8-13H2,1-2H3. The maximum Gasteiger partial charge on any atom is 0.252 e. The number of aryl methyl sites for hydroxylation is 1. The van der Waals surface area contributed by atoms with Crippen LogP contribution in [-0.2, 0) is 7.05 Å². The van der Waals surface area contributed by atoms with Gasteiger partial charge in [0.05, 0.1) is 11.2 Å². The molecule has 2 fully saturated rings. The van der Waals surface area contributed by atoms with Gasteiger partial charge >= 0.3 is 0 Å². The topological polar surface area (TPSA) is 65.2 Å². The van der Waals surface area contributed by atoms with Crippen molar-refractivity contribution >= 4 is 22.4 Å². The molecule has 0 spiro atoms. The Morgan fingerprint density at radius 2 is 1.61 bits per heavy atom. The van der Waals surface area contributed by atoms with Crippen LogP contribution in [0.4, 0.5) is 15.8 Å². The first-order valence-electron chi connectivity index (χ1n) is 11.6. The maximum atomic E-state index is 13.5. The molecule has 2 aliphatic rings. The fraction of sp³-hybridized carbons (Fsp3) is 0.423. The van der Waals surface area contributed by atoms with Gasteiger partial charge in [0, 0.05) is 44.0 Å². The van der Waals surface area contributed by atoms with Crippen LogP contribution in [0, 0.1) is 17.1 Å². The van der Waals surface area contributed by atoms with Gasteiger partial charge in [0.25, 0.3) is 5.56 Å². The molecule has 2 saturated carbocycles. The van der Waals surface area contributed by atoms with Gasteiger partial charge in [-0.2, -0.15) is 5.26 Å². The maximum absolute atomic E-state index is 13.5. The van der Waals surface area contributed by atoms with Crippen molar-refractivity contribution in [1.29, 1.82) is 5.26 Å². The Balaban J connectivity index is 1.38. The molecule has 5 rings (SSSR count). The van der Waals surface area contributed by atoms with E-state index in [4.69, 9.17) is 0 Å². The molecule has 0 radical (unpaired) electrons. The van der Waals surface area contributed by atoms with Crippen molar-refractivity contribution in [3.05, 3.63) is 64.3 Å². The van der Waals surface area contributed by atoms with Gasteiger partial charge in [-0.05, 0) is 74.9 Å². The van der Waals surface area contributed by atoms with Crippen molar-refractivity contribution < 1.29 is 4.39 Å². The molecule has 1 aromatic carbocycles. The van der Waals surface area contributed by atoms with E-state index in [2.05, 4.69) is 20.9 Å². The lowest BCUT2D eigenvalue weighted by molar-refractivity contribution is 0.366. The zero-order valence-electron chi connectivity index (χ0n) is 19.0. The van der Waals surface area contributed by atoms with Crippen LogP contribution in [0.1, 0.15) is 44.2 Å². The fourth-order valence-corrected chi connectivity index (χ4v) is 5.25. The lowest BCUT2D eigenvalue weighted by atomic mass is 9.88. The second-order valence-corrected chi connectivity index (χ2v) is 9.29. The van der Waals surface area contributed by atoms with Gasteiger partial charge in [0.2, 0.25) is 0 Å². The van der Waals surface area contributed by atoms with Gasteiger partial charge in [-0.25, -0.2) is 9.37 Å². The van der Waals surface area contributed by atoms with Crippen LogP contribution in [0.25, 0.3) is 11.0 Å². The molecule has 170 valence electrons. The van der Waals surface area contributed by atoms with Crippen LogP contribution >= 0.6 is 0 Å². The molecule has 2 aromatic heterocycles. The summed E-state index contributed by atoms with van der Waals surface area (Å²) in [7, 11) is 3.76. The highest BCUT2D eigenvalue weighted by molar-refractivity contribution is 5.88. The SMILES string of the molecule is CN(c1cc(=O)n(C)c2ccc(C#N)nc12)C1CCC(N(c2ccc(F)cc2)C2CC2)CC1. The van der Waals surface area contributed by atoms with Crippen LogP contribution < -0.4 is 15.4 Å². The predicted octanol–water partition coefficient (Wildman–Crippen LogP) is 4.36. The Kier molecular flexibility index (Phi) is 5.53. The minimum Gasteiger partial charge on any atom is -0.370 e. The molecule has 6 nitrogen and oxygen atoms in total. The van der Waals surface area contributed by atoms with E-state index in [1.54, 1.807) is 41.9 Å². The quantitative estimate of drug-likeness (QED) is 0.584. The predicted molar refractivity (Wildman–Crippen MR) is 128 cm³/mol. The smallest absolute Gasteiger partial charge is 0.252 e. The highest BCUT2D eigenvalue weighted by Gasteiger charge is 2.37. The van der Waals surface area contributed by atoms with Crippen molar-refractivity contribution in [2.45, 2.75) is 56.7 Å². The van der Waals surface area contributed by atoms with E-state index in [0.29, 0.717) is 29.3 Å². The molecule has 2 heterocycles. The number of benzene rings is 1. The van der Waals surface area contributed by atoms with E-state index in [1.807, 2.05) is 19.2 Å². The zero-order valence-corrected chi connectivity index (χ0v) is 19.0. The minimum atomic E-state index is -0.200. The second-order valence-electron chi connectivity index (χ2n) is 9.29. The number of pyridine rings is 2. The van der Waals surface area contributed by atoms with E-state index in [0.717, 1.165) is 42.6 Å². The Morgan fingerprint density at radius 1 is 1.00 bits per heavy atom. The van der Waals surface area contributed by atoms with E-state index < -0.39 is 0 Å². The zero-order chi connectivity index (χ0) is 23.1. The van der Waals surface area contributed by atoms with Gasteiger partial charge in [0.1, 0.15) is 23.1 Å². The van der Waals surface area contributed by atoms with Gasteiger partial charge in [-0.1, -0.05) is 0 Å². The fourth-order valence-electron chi connectivity index (χ4n) is 5.25. The Hall–Kier alpha value is -3.40. The molecule has 7 heteroatoms. The highest BCUT2D eigenvalue weighted by atomic mass is 19.1. The van der Waals surface area contributed by atoms with E-state index in [-0.39, 0.29) is 11.4 Å². The largest absolute Gasteiger partial charge is 0.370 e. The van der Waals surface area contributed by atoms with Gasteiger partial charge in [0.15, 0.2) is 0 Å². The molecule has 0 saturated heterocycles. The van der Waals surface area contributed by atoms with E-state index >= 15 is 0 Å². The average molecular weight is 446 g/mol. The molecular formula is C26H28FN5O. The second kappa shape index (κ2) is 8.51. The summed E-state index contributed by atoms with van der Waals surface area (Å²) < 4.78 is 15.0. The molecule has 3 aromatic rings. The molecule has 0 atom stereocenters. The number of halogens is 1. The Labute approximate surface area is 192 Å². The molecule has 0 amide bonds. The third-order valence-electron chi connectivity index (χ3n) is 7.24. The summed E-state index contributed by atoms with van der Waals surface area (Å²) in [5.74, 6) is -0.200. The van der Waals surface area contributed by atoms with Gasteiger partial charge in [-0.15, -0.1) is 0 Å².